The number of carbonyl (C=O) groups excluding carboxylic acids is 1. The first-order valence-corrected chi connectivity index (χ1v) is 6.34. The summed E-state index contributed by atoms with van der Waals surface area (Å²) in [7, 11) is 1.59. The van der Waals surface area contributed by atoms with Gasteiger partial charge in [-0.25, -0.2) is 9.82 Å². The molecule has 5 heteroatoms. The average molecular weight is 286 g/mol. The number of rotatable bonds is 4. The standard InChI is InChI=1S/C16H15FN2O2/c1-11-6-7-12(8-15(11)21-2)10-18-19-16(20)13-4-3-5-14(17)9-13/h3-10H,1-2H3,(H,19,20). The summed E-state index contributed by atoms with van der Waals surface area (Å²) in [5.41, 5.74) is 4.37. The minimum absolute atomic E-state index is 0.216. The van der Waals surface area contributed by atoms with E-state index in [1.165, 1.54) is 24.4 Å². The molecule has 2 aromatic carbocycles. The molecular formula is C16H15FN2O2. The Kier molecular flexibility index (Phi) is 4.66. The van der Waals surface area contributed by atoms with Gasteiger partial charge in [0.25, 0.3) is 5.91 Å². The van der Waals surface area contributed by atoms with Crippen molar-refractivity contribution in [2.75, 3.05) is 7.11 Å². The maximum atomic E-state index is 13.0. The van der Waals surface area contributed by atoms with Crippen LogP contribution in [0.5, 0.6) is 5.75 Å². The molecule has 0 aliphatic heterocycles. The van der Waals surface area contributed by atoms with Crippen molar-refractivity contribution in [3.8, 4) is 5.75 Å². The molecule has 0 aromatic heterocycles. The molecule has 21 heavy (non-hydrogen) atoms. The second-order valence-electron chi connectivity index (χ2n) is 4.44. The minimum Gasteiger partial charge on any atom is -0.496 e. The SMILES string of the molecule is COc1cc(C=NNC(=O)c2cccc(F)c2)ccc1C. The molecule has 0 saturated heterocycles. The summed E-state index contributed by atoms with van der Waals surface area (Å²) in [4.78, 5) is 11.7. The predicted octanol–water partition coefficient (Wildman–Crippen LogP) is 2.91. The van der Waals surface area contributed by atoms with Gasteiger partial charge in [-0.15, -0.1) is 0 Å². The van der Waals surface area contributed by atoms with Gasteiger partial charge in [0.1, 0.15) is 11.6 Å². The van der Waals surface area contributed by atoms with E-state index in [-0.39, 0.29) is 5.56 Å². The molecule has 1 N–H and O–H groups in total. The summed E-state index contributed by atoms with van der Waals surface area (Å²) in [6.45, 7) is 1.94. The molecule has 0 bridgehead atoms. The molecule has 0 radical (unpaired) electrons. The zero-order valence-corrected chi connectivity index (χ0v) is 11.8. The van der Waals surface area contributed by atoms with Crippen LogP contribution in [0.15, 0.2) is 47.6 Å². The van der Waals surface area contributed by atoms with Gasteiger partial charge in [0.15, 0.2) is 0 Å². The predicted molar refractivity (Wildman–Crippen MR) is 79.2 cm³/mol. The van der Waals surface area contributed by atoms with Crippen LogP contribution in [0.1, 0.15) is 21.5 Å². The first-order valence-electron chi connectivity index (χ1n) is 6.34. The van der Waals surface area contributed by atoms with Crippen molar-refractivity contribution in [2.24, 2.45) is 5.10 Å². The van der Waals surface area contributed by atoms with Crippen LogP contribution in [0.2, 0.25) is 0 Å². The van der Waals surface area contributed by atoms with Crippen molar-refractivity contribution in [2.45, 2.75) is 6.92 Å². The maximum absolute atomic E-state index is 13.0. The summed E-state index contributed by atoms with van der Waals surface area (Å²) in [6.07, 6.45) is 1.50. The minimum atomic E-state index is -0.468. The van der Waals surface area contributed by atoms with Gasteiger partial charge in [-0.1, -0.05) is 18.2 Å². The normalized spacial score (nSPS) is 10.6. The lowest BCUT2D eigenvalue weighted by Crippen LogP contribution is -2.17. The van der Waals surface area contributed by atoms with E-state index in [4.69, 9.17) is 4.74 Å². The van der Waals surface area contributed by atoms with E-state index < -0.39 is 11.7 Å². The third kappa shape index (κ3) is 3.89. The van der Waals surface area contributed by atoms with Gasteiger partial charge in [0, 0.05) is 5.56 Å². The van der Waals surface area contributed by atoms with Gasteiger partial charge in [0.05, 0.1) is 13.3 Å². The van der Waals surface area contributed by atoms with E-state index in [2.05, 4.69) is 10.5 Å². The van der Waals surface area contributed by atoms with Crippen molar-refractivity contribution in [1.29, 1.82) is 0 Å². The molecule has 2 aromatic rings. The molecule has 4 nitrogen and oxygen atoms in total. The van der Waals surface area contributed by atoms with Gasteiger partial charge in [0.2, 0.25) is 0 Å². The van der Waals surface area contributed by atoms with Crippen molar-refractivity contribution in [3.05, 3.63) is 65.0 Å². The summed E-state index contributed by atoms with van der Waals surface area (Å²) in [6, 6.07) is 11.0. The van der Waals surface area contributed by atoms with Crippen molar-refractivity contribution in [1.82, 2.24) is 5.43 Å². The maximum Gasteiger partial charge on any atom is 0.271 e. The number of nitrogens with one attached hydrogen (secondary N) is 1. The topological polar surface area (TPSA) is 50.7 Å². The second kappa shape index (κ2) is 6.65. The smallest absolute Gasteiger partial charge is 0.271 e. The van der Waals surface area contributed by atoms with Crippen LogP contribution in [0.4, 0.5) is 4.39 Å². The van der Waals surface area contributed by atoms with Gasteiger partial charge in [-0.2, -0.15) is 5.10 Å². The van der Waals surface area contributed by atoms with Crippen LogP contribution in [0.25, 0.3) is 0 Å². The highest BCUT2D eigenvalue weighted by Gasteiger charge is 2.04. The van der Waals surface area contributed by atoms with E-state index in [1.54, 1.807) is 7.11 Å². The molecule has 108 valence electrons. The van der Waals surface area contributed by atoms with Crippen LogP contribution in [0, 0.1) is 12.7 Å². The zero-order chi connectivity index (χ0) is 15.2. The molecule has 0 aliphatic carbocycles. The van der Waals surface area contributed by atoms with E-state index in [0.717, 1.165) is 22.9 Å². The number of hydrazone groups is 1. The Morgan fingerprint density at radius 2 is 2.10 bits per heavy atom. The largest absolute Gasteiger partial charge is 0.496 e. The van der Waals surface area contributed by atoms with Gasteiger partial charge in [-0.05, 0) is 42.3 Å². The summed E-state index contributed by atoms with van der Waals surface area (Å²) in [5.74, 6) is -0.185. The fourth-order valence-corrected chi connectivity index (χ4v) is 1.78. The third-order valence-electron chi connectivity index (χ3n) is 2.90. The first kappa shape index (κ1) is 14.7. The van der Waals surface area contributed by atoms with Crippen LogP contribution >= 0.6 is 0 Å². The van der Waals surface area contributed by atoms with Crippen LogP contribution in [0.3, 0.4) is 0 Å². The molecule has 2 rings (SSSR count). The Labute approximate surface area is 122 Å². The van der Waals surface area contributed by atoms with Gasteiger partial charge >= 0.3 is 0 Å². The highest BCUT2D eigenvalue weighted by molar-refractivity contribution is 5.94. The number of nitrogens with zero attached hydrogens (tertiary/aromatic N) is 1. The zero-order valence-electron chi connectivity index (χ0n) is 11.8. The number of carbonyl (C=O) groups is 1. The van der Waals surface area contributed by atoms with Gasteiger partial charge in [-0.3, -0.25) is 4.79 Å². The highest BCUT2D eigenvalue weighted by Crippen LogP contribution is 2.17. The lowest BCUT2D eigenvalue weighted by atomic mass is 10.1. The molecule has 1 amide bonds. The Balaban J connectivity index is 2.04. The Morgan fingerprint density at radius 1 is 1.29 bits per heavy atom. The lowest BCUT2D eigenvalue weighted by Gasteiger charge is -2.04. The molecular weight excluding hydrogens is 271 g/mol. The highest BCUT2D eigenvalue weighted by atomic mass is 19.1. The molecule has 0 saturated carbocycles. The summed E-state index contributed by atoms with van der Waals surface area (Å²) >= 11 is 0. The number of ether oxygens (including phenoxy) is 1. The quantitative estimate of drug-likeness (QED) is 0.694. The van der Waals surface area contributed by atoms with E-state index in [9.17, 15) is 9.18 Å². The Bertz CT molecular complexity index is 684. The second-order valence-corrected chi connectivity index (χ2v) is 4.44. The fraction of sp³-hybridized carbons (Fsp3) is 0.125. The molecule has 0 unspecified atom stereocenters. The monoisotopic (exact) mass is 286 g/mol. The number of benzene rings is 2. The number of amides is 1. The van der Waals surface area contributed by atoms with Gasteiger partial charge < -0.3 is 4.74 Å². The van der Waals surface area contributed by atoms with E-state index >= 15 is 0 Å². The molecule has 0 aliphatic rings. The third-order valence-corrected chi connectivity index (χ3v) is 2.90. The number of halogens is 1. The summed E-state index contributed by atoms with van der Waals surface area (Å²) in [5, 5.41) is 3.85. The van der Waals surface area contributed by atoms with Crippen molar-refractivity contribution < 1.29 is 13.9 Å². The average Bonchev–Trinajstić information content (AvgIpc) is 2.48. The molecule has 0 fully saturated rings. The number of methoxy groups -OCH3 is 1. The number of aryl methyl sites for hydroxylation is 1. The van der Waals surface area contributed by atoms with E-state index in [1.807, 2.05) is 25.1 Å². The summed E-state index contributed by atoms with van der Waals surface area (Å²) < 4.78 is 18.2. The first-order chi connectivity index (χ1) is 10.1. The fourth-order valence-electron chi connectivity index (χ4n) is 1.78. The van der Waals surface area contributed by atoms with Crippen molar-refractivity contribution >= 4 is 12.1 Å². The molecule has 0 atom stereocenters. The number of hydrogen-bond donors (Lipinski definition) is 1. The van der Waals surface area contributed by atoms with Crippen LogP contribution in [-0.2, 0) is 0 Å². The lowest BCUT2D eigenvalue weighted by molar-refractivity contribution is 0.0954. The Morgan fingerprint density at radius 3 is 2.81 bits per heavy atom. The van der Waals surface area contributed by atoms with E-state index in [0.29, 0.717) is 0 Å². The Hall–Kier alpha value is -2.69. The molecule has 0 spiro atoms. The van der Waals surface area contributed by atoms with Crippen LogP contribution in [-0.4, -0.2) is 19.2 Å². The number of hydrogen-bond acceptors (Lipinski definition) is 3. The van der Waals surface area contributed by atoms with Crippen LogP contribution < -0.4 is 10.2 Å². The molecule has 0 heterocycles. The van der Waals surface area contributed by atoms with Crippen molar-refractivity contribution in [3.63, 3.8) is 0 Å².